The van der Waals surface area contributed by atoms with Crippen molar-refractivity contribution in [3.63, 3.8) is 0 Å². The molecule has 88 valence electrons. The van der Waals surface area contributed by atoms with Gasteiger partial charge in [-0.1, -0.05) is 24.6 Å². The van der Waals surface area contributed by atoms with Crippen molar-refractivity contribution in [1.82, 2.24) is 0 Å². The van der Waals surface area contributed by atoms with E-state index in [0.717, 1.165) is 0 Å². The fraction of sp³-hybridized carbons (Fsp3) is 0.364. The normalized spacial score (nSPS) is 12.0. The number of carbonyl (C=O) groups excluding carboxylic acids is 1. The summed E-state index contributed by atoms with van der Waals surface area (Å²) in [5, 5.41) is 3.08. The first-order chi connectivity index (χ1) is 7.56. The van der Waals surface area contributed by atoms with Crippen molar-refractivity contribution in [2.24, 2.45) is 5.92 Å². The fourth-order valence-corrected chi connectivity index (χ4v) is 1.44. The minimum absolute atomic E-state index is 0.208. The minimum Gasteiger partial charge on any atom is -0.469 e. The molecular formula is C11H13ClFNO2. The summed E-state index contributed by atoms with van der Waals surface area (Å²) >= 11 is 5.81. The smallest absolute Gasteiger partial charge is 0.310 e. The molecule has 0 fully saturated rings. The molecule has 16 heavy (non-hydrogen) atoms. The van der Waals surface area contributed by atoms with E-state index in [1.807, 2.05) is 0 Å². The SMILES string of the molecule is COC(=O)C(C)CNc1c(F)cccc1Cl. The molecule has 0 aliphatic rings. The Morgan fingerprint density at radius 3 is 2.88 bits per heavy atom. The maximum absolute atomic E-state index is 13.3. The molecule has 0 saturated heterocycles. The molecule has 1 unspecified atom stereocenters. The van der Waals surface area contributed by atoms with E-state index in [0.29, 0.717) is 0 Å². The summed E-state index contributed by atoms with van der Waals surface area (Å²) in [7, 11) is 1.31. The fourth-order valence-electron chi connectivity index (χ4n) is 1.21. The van der Waals surface area contributed by atoms with E-state index in [1.165, 1.54) is 19.2 Å². The molecular weight excluding hydrogens is 233 g/mol. The van der Waals surface area contributed by atoms with Crippen molar-refractivity contribution in [1.29, 1.82) is 0 Å². The molecule has 0 aromatic heterocycles. The molecule has 0 aliphatic carbocycles. The number of hydrogen-bond donors (Lipinski definition) is 1. The van der Waals surface area contributed by atoms with Gasteiger partial charge in [0.25, 0.3) is 0 Å². The molecule has 1 aromatic carbocycles. The van der Waals surface area contributed by atoms with Crippen LogP contribution in [0.2, 0.25) is 5.02 Å². The number of anilines is 1. The van der Waals surface area contributed by atoms with Gasteiger partial charge in [0.1, 0.15) is 5.82 Å². The summed E-state index contributed by atoms with van der Waals surface area (Å²) in [6.07, 6.45) is 0. The molecule has 0 saturated carbocycles. The van der Waals surface area contributed by atoms with Gasteiger partial charge in [-0.25, -0.2) is 4.39 Å². The van der Waals surface area contributed by atoms with Crippen molar-refractivity contribution in [2.75, 3.05) is 19.0 Å². The number of rotatable bonds is 4. The molecule has 0 bridgehead atoms. The molecule has 5 heteroatoms. The largest absolute Gasteiger partial charge is 0.469 e. The van der Waals surface area contributed by atoms with Crippen molar-refractivity contribution in [3.05, 3.63) is 29.0 Å². The molecule has 0 radical (unpaired) electrons. The summed E-state index contributed by atoms with van der Waals surface area (Å²) in [5.41, 5.74) is 0.208. The Balaban J connectivity index is 2.64. The lowest BCUT2D eigenvalue weighted by atomic mass is 10.2. The average molecular weight is 246 g/mol. The minimum atomic E-state index is -0.440. The Kier molecular flexibility index (Phi) is 4.55. The average Bonchev–Trinajstić information content (AvgIpc) is 2.27. The third-order valence-electron chi connectivity index (χ3n) is 2.15. The highest BCUT2D eigenvalue weighted by Crippen LogP contribution is 2.24. The van der Waals surface area contributed by atoms with Gasteiger partial charge in [-0.05, 0) is 12.1 Å². The molecule has 1 atom stereocenters. The van der Waals surface area contributed by atoms with Gasteiger partial charge in [0, 0.05) is 6.54 Å². The molecule has 0 amide bonds. The van der Waals surface area contributed by atoms with E-state index in [1.54, 1.807) is 13.0 Å². The zero-order valence-electron chi connectivity index (χ0n) is 9.09. The first kappa shape index (κ1) is 12.8. The number of esters is 1. The summed E-state index contributed by atoms with van der Waals surface area (Å²) in [5.74, 6) is -1.15. The maximum Gasteiger partial charge on any atom is 0.310 e. The summed E-state index contributed by atoms with van der Waals surface area (Å²) in [4.78, 5) is 11.1. The van der Waals surface area contributed by atoms with Crippen LogP contribution in [0, 0.1) is 11.7 Å². The van der Waals surface area contributed by atoms with Gasteiger partial charge >= 0.3 is 5.97 Å². The maximum atomic E-state index is 13.3. The molecule has 1 aromatic rings. The van der Waals surface area contributed by atoms with E-state index >= 15 is 0 Å². The van der Waals surface area contributed by atoms with Crippen LogP contribution < -0.4 is 5.32 Å². The number of para-hydroxylation sites is 1. The highest BCUT2D eigenvalue weighted by molar-refractivity contribution is 6.33. The third-order valence-corrected chi connectivity index (χ3v) is 2.47. The Morgan fingerprint density at radius 2 is 2.31 bits per heavy atom. The van der Waals surface area contributed by atoms with E-state index in [-0.39, 0.29) is 29.1 Å². The third kappa shape index (κ3) is 3.10. The van der Waals surface area contributed by atoms with Crippen LogP contribution >= 0.6 is 11.6 Å². The van der Waals surface area contributed by atoms with Gasteiger partial charge < -0.3 is 10.1 Å². The number of benzene rings is 1. The Labute approximate surface area is 98.5 Å². The molecule has 0 spiro atoms. The standard InChI is InChI=1S/C11H13ClFNO2/c1-7(11(15)16-2)6-14-10-8(12)4-3-5-9(10)13/h3-5,7,14H,6H2,1-2H3. The Morgan fingerprint density at radius 1 is 1.62 bits per heavy atom. The zero-order chi connectivity index (χ0) is 12.1. The Bertz CT molecular complexity index is 364. The molecule has 1 rings (SSSR count). The lowest BCUT2D eigenvalue weighted by molar-refractivity contribution is -0.144. The van der Waals surface area contributed by atoms with Crippen LogP contribution in [0.1, 0.15) is 6.92 Å². The van der Waals surface area contributed by atoms with Crippen LogP contribution in [0.15, 0.2) is 18.2 Å². The molecule has 0 heterocycles. The van der Waals surface area contributed by atoms with E-state index in [9.17, 15) is 9.18 Å². The number of methoxy groups -OCH3 is 1. The molecule has 1 N–H and O–H groups in total. The number of nitrogens with one attached hydrogen (secondary N) is 1. The van der Waals surface area contributed by atoms with Gasteiger partial charge in [-0.3, -0.25) is 4.79 Å². The van der Waals surface area contributed by atoms with Crippen molar-refractivity contribution < 1.29 is 13.9 Å². The van der Waals surface area contributed by atoms with Crippen molar-refractivity contribution in [3.8, 4) is 0 Å². The number of ether oxygens (including phenoxy) is 1. The van der Waals surface area contributed by atoms with Gasteiger partial charge in [-0.15, -0.1) is 0 Å². The number of halogens is 2. The predicted octanol–water partition coefficient (Wildman–Crippen LogP) is 2.70. The second kappa shape index (κ2) is 5.70. The number of hydrogen-bond acceptors (Lipinski definition) is 3. The highest BCUT2D eigenvalue weighted by atomic mass is 35.5. The molecule has 0 aliphatic heterocycles. The van der Waals surface area contributed by atoms with Crippen LogP contribution in [-0.4, -0.2) is 19.6 Å². The van der Waals surface area contributed by atoms with E-state index in [4.69, 9.17) is 11.6 Å². The first-order valence-electron chi connectivity index (χ1n) is 4.82. The van der Waals surface area contributed by atoms with Crippen LogP contribution in [0.25, 0.3) is 0 Å². The quantitative estimate of drug-likeness (QED) is 0.829. The van der Waals surface area contributed by atoms with Gasteiger partial charge in [0.15, 0.2) is 0 Å². The highest BCUT2D eigenvalue weighted by Gasteiger charge is 2.14. The second-order valence-electron chi connectivity index (χ2n) is 3.40. The lowest BCUT2D eigenvalue weighted by Crippen LogP contribution is -2.21. The van der Waals surface area contributed by atoms with Crippen LogP contribution in [-0.2, 0) is 9.53 Å². The molecule has 3 nitrogen and oxygen atoms in total. The summed E-state index contributed by atoms with van der Waals surface area (Å²) in [6, 6.07) is 4.40. The topological polar surface area (TPSA) is 38.3 Å². The van der Waals surface area contributed by atoms with Crippen molar-refractivity contribution >= 4 is 23.3 Å². The van der Waals surface area contributed by atoms with Gasteiger partial charge in [-0.2, -0.15) is 0 Å². The van der Waals surface area contributed by atoms with Gasteiger partial charge in [0.2, 0.25) is 0 Å². The monoisotopic (exact) mass is 245 g/mol. The zero-order valence-corrected chi connectivity index (χ0v) is 9.84. The van der Waals surface area contributed by atoms with E-state index in [2.05, 4.69) is 10.1 Å². The number of carbonyl (C=O) groups is 1. The van der Waals surface area contributed by atoms with Gasteiger partial charge in [0.05, 0.1) is 23.7 Å². The van der Waals surface area contributed by atoms with Crippen LogP contribution in [0.5, 0.6) is 0 Å². The first-order valence-corrected chi connectivity index (χ1v) is 5.19. The predicted molar refractivity (Wildman–Crippen MR) is 61.1 cm³/mol. The van der Waals surface area contributed by atoms with Crippen molar-refractivity contribution in [2.45, 2.75) is 6.92 Å². The van der Waals surface area contributed by atoms with Crippen LogP contribution in [0.4, 0.5) is 10.1 Å². The van der Waals surface area contributed by atoms with Crippen LogP contribution in [0.3, 0.4) is 0 Å². The second-order valence-corrected chi connectivity index (χ2v) is 3.81. The van der Waals surface area contributed by atoms with E-state index < -0.39 is 5.82 Å². The Hall–Kier alpha value is -1.29. The lowest BCUT2D eigenvalue weighted by Gasteiger charge is -2.13. The summed E-state index contributed by atoms with van der Waals surface area (Å²) < 4.78 is 17.9. The summed E-state index contributed by atoms with van der Waals surface area (Å²) in [6.45, 7) is 1.96.